The number of anilines is 1. The normalized spacial score (nSPS) is 9.76. The number of rotatable bonds is 5. The summed E-state index contributed by atoms with van der Waals surface area (Å²) in [6.07, 6.45) is 1.44. The molecule has 0 radical (unpaired) electrons. The van der Waals surface area contributed by atoms with Crippen LogP contribution in [0.15, 0.2) is 12.3 Å². The van der Waals surface area contributed by atoms with Crippen LogP contribution in [0.25, 0.3) is 0 Å². The number of nitro groups is 1. The minimum Gasteiger partial charge on any atom is -0.465 e. The van der Waals surface area contributed by atoms with E-state index in [0.29, 0.717) is 5.69 Å². The summed E-state index contributed by atoms with van der Waals surface area (Å²) in [6, 6.07) is 1.45. The van der Waals surface area contributed by atoms with Crippen molar-refractivity contribution in [3.63, 3.8) is 0 Å². The number of hydrogen-bond acceptors (Lipinski definition) is 6. The maximum absolute atomic E-state index is 11.1. The van der Waals surface area contributed by atoms with E-state index in [4.69, 9.17) is 4.74 Å². The number of pyridine rings is 1. The molecule has 0 fully saturated rings. The van der Waals surface area contributed by atoms with Crippen molar-refractivity contribution >= 4 is 17.3 Å². The summed E-state index contributed by atoms with van der Waals surface area (Å²) in [5.41, 5.74) is 0.427. The van der Waals surface area contributed by atoms with Gasteiger partial charge in [0.25, 0.3) is 0 Å². The van der Waals surface area contributed by atoms with Gasteiger partial charge in [0.15, 0.2) is 0 Å². The Balaban J connectivity index is 2.81. The Morgan fingerprint density at radius 1 is 1.65 bits per heavy atom. The van der Waals surface area contributed by atoms with Crippen LogP contribution in [0.3, 0.4) is 0 Å². The number of esters is 1. The van der Waals surface area contributed by atoms with E-state index in [1.807, 2.05) is 0 Å². The second kappa shape index (κ2) is 5.78. The third-order valence-corrected chi connectivity index (χ3v) is 2.02. The summed E-state index contributed by atoms with van der Waals surface area (Å²) in [5.74, 6) is -0.462. The molecular weight excluding hydrogens is 226 g/mol. The van der Waals surface area contributed by atoms with Crippen molar-refractivity contribution in [3.05, 3.63) is 28.1 Å². The van der Waals surface area contributed by atoms with Crippen molar-refractivity contribution in [2.45, 2.75) is 13.8 Å². The average Bonchev–Trinajstić information content (AvgIpc) is 2.26. The van der Waals surface area contributed by atoms with Crippen LogP contribution in [0.4, 0.5) is 11.4 Å². The molecule has 0 unspecified atom stereocenters. The number of nitrogens with one attached hydrogen (secondary N) is 1. The van der Waals surface area contributed by atoms with Crippen LogP contribution in [-0.4, -0.2) is 29.0 Å². The van der Waals surface area contributed by atoms with E-state index in [9.17, 15) is 14.9 Å². The predicted octanol–water partition coefficient (Wildman–Crippen LogP) is 1.27. The van der Waals surface area contributed by atoms with E-state index < -0.39 is 10.9 Å². The molecule has 1 rings (SSSR count). The van der Waals surface area contributed by atoms with Gasteiger partial charge in [-0.3, -0.25) is 19.9 Å². The molecule has 17 heavy (non-hydrogen) atoms. The van der Waals surface area contributed by atoms with Crippen LogP contribution in [0.2, 0.25) is 0 Å². The minimum atomic E-state index is -0.532. The van der Waals surface area contributed by atoms with Crippen LogP contribution < -0.4 is 5.32 Å². The lowest BCUT2D eigenvalue weighted by molar-refractivity contribution is -0.384. The number of aromatic nitrogens is 1. The first-order chi connectivity index (χ1) is 8.06. The van der Waals surface area contributed by atoms with Gasteiger partial charge in [0.2, 0.25) is 0 Å². The Morgan fingerprint density at radius 3 is 2.94 bits per heavy atom. The van der Waals surface area contributed by atoms with Crippen LogP contribution in [-0.2, 0) is 9.53 Å². The van der Waals surface area contributed by atoms with E-state index in [1.165, 1.54) is 19.2 Å². The molecule has 92 valence electrons. The lowest BCUT2D eigenvalue weighted by atomic mass is 10.2. The van der Waals surface area contributed by atoms with E-state index in [-0.39, 0.29) is 24.5 Å². The molecule has 1 aromatic heterocycles. The average molecular weight is 239 g/mol. The molecule has 0 bridgehead atoms. The van der Waals surface area contributed by atoms with Crippen molar-refractivity contribution in [1.29, 1.82) is 0 Å². The Labute approximate surface area is 98.0 Å². The van der Waals surface area contributed by atoms with E-state index in [0.717, 1.165) is 0 Å². The molecule has 1 heterocycles. The first-order valence-electron chi connectivity index (χ1n) is 5.05. The summed E-state index contributed by atoms with van der Waals surface area (Å²) in [4.78, 5) is 25.2. The molecule has 0 saturated heterocycles. The molecule has 0 aliphatic carbocycles. The van der Waals surface area contributed by atoms with E-state index in [2.05, 4.69) is 10.3 Å². The van der Waals surface area contributed by atoms with Gasteiger partial charge in [0, 0.05) is 6.20 Å². The predicted molar refractivity (Wildman–Crippen MR) is 60.8 cm³/mol. The largest absolute Gasteiger partial charge is 0.465 e. The van der Waals surface area contributed by atoms with Crippen molar-refractivity contribution in [1.82, 2.24) is 4.98 Å². The maximum Gasteiger partial charge on any atom is 0.325 e. The summed E-state index contributed by atoms with van der Waals surface area (Å²) < 4.78 is 4.71. The monoisotopic (exact) mass is 239 g/mol. The molecule has 0 aromatic carbocycles. The summed E-state index contributed by atoms with van der Waals surface area (Å²) in [6.45, 7) is 3.39. The lowest BCUT2D eigenvalue weighted by Gasteiger charge is -2.07. The van der Waals surface area contributed by atoms with Crippen molar-refractivity contribution in [2.24, 2.45) is 0 Å². The highest BCUT2D eigenvalue weighted by Gasteiger charge is 2.18. The molecule has 1 N–H and O–H groups in total. The molecule has 0 aliphatic heterocycles. The Bertz CT molecular complexity index is 434. The molecular formula is C10H13N3O4. The Hall–Kier alpha value is -2.18. The van der Waals surface area contributed by atoms with Crippen molar-refractivity contribution in [2.75, 3.05) is 18.5 Å². The highest BCUT2D eigenvalue weighted by atomic mass is 16.6. The lowest BCUT2D eigenvalue weighted by Crippen LogP contribution is -2.17. The molecule has 0 atom stereocenters. The summed E-state index contributed by atoms with van der Waals surface area (Å²) in [5, 5.41) is 13.5. The fourth-order valence-corrected chi connectivity index (χ4v) is 1.31. The standard InChI is InChI=1S/C10H13N3O4/c1-3-17-9(14)6-12-8-4-5-11-7(2)10(8)13(15)16/h4-5H,3,6H2,1-2H3,(H,11,12). The Morgan fingerprint density at radius 2 is 2.35 bits per heavy atom. The topological polar surface area (TPSA) is 94.4 Å². The minimum absolute atomic E-state index is 0.113. The highest BCUT2D eigenvalue weighted by molar-refractivity contribution is 5.76. The zero-order valence-electron chi connectivity index (χ0n) is 9.60. The van der Waals surface area contributed by atoms with Gasteiger partial charge in [-0.05, 0) is 19.9 Å². The quantitative estimate of drug-likeness (QED) is 0.472. The molecule has 7 heteroatoms. The molecule has 0 aliphatic rings. The fraction of sp³-hybridized carbons (Fsp3) is 0.400. The first-order valence-corrected chi connectivity index (χ1v) is 5.05. The summed E-state index contributed by atoms with van der Waals surface area (Å²) in [7, 11) is 0. The van der Waals surface area contributed by atoms with Gasteiger partial charge in [0.05, 0.1) is 11.5 Å². The highest BCUT2D eigenvalue weighted by Crippen LogP contribution is 2.25. The first kappa shape index (κ1) is 12.9. The third kappa shape index (κ3) is 3.40. The molecule has 1 aromatic rings. The van der Waals surface area contributed by atoms with Gasteiger partial charge in [-0.25, -0.2) is 0 Å². The van der Waals surface area contributed by atoms with Crippen LogP contribution in [0.1, 0.15) is 12.6 Å². The second-order valence-corrected chi connectivity index (χ2v) is 3.21. The molecule has 7 nitrogen and oxygen atoms in total. The Kier molecular flexibility index (Phi) is 4.38. The molecule has 0 saturated carbocycles. The molecule has 0 spiro atoms. The zero-order chi connectivity index (χ0) is 12.8. The number of hydrogen-bond donors (Lipinski definition) is 1. The number of aryl methyl sites for hydroxylation is 1. The number of carbonyl (C=O) groups excluding carboxylic acids is 1. The van der Waals surface area contributed by atoms with Crippen molar-refractivity contribution < 1.29 is 14.5 Å². The maximum atomic E-state index is 11.1. The second-order valence-electron chi connectivity index (χ2n) is 3.21. The zero-order valence-corrected chi connectivity index (χ0v) is 9.60. The van der Waals surface area contributed by atoms with Gasteiger partial charge in [0.1, 0.15) is 17.9 Å². The van der Waals surface area contributed by atoms with Gasteiger partial charge < -0.3 is 10.1 Å². The third-order valence-electron chi connectivity index (χ3n) is 2.02. The van der Waals surface area contributed by atoms with Gasteiger partial charge in [-0.2, -0.15) is 0 Å². The van der Waals surface area contributed by atoms with Crippen LogP contribution in [0.5, 0.6) is 0 Å². The van der Waals surface area contributed by atoms with E-state index >= 15 is 0 Å². The van der Waals surface area contributed by atoms with Gasteiger partial charge in [-0.15, -0.1) is 0 Å². The van der Waals surface area contributed by atoms with E-state index in [1.54, 1.807) is 6.92 Å². The van der Waals surface area contributed by atoms with Gasteiger partial charge in [-0.1, -0.05) is 0 Å². The summed E-state index contributed by atoms with van der Waals surface area (Å²) >= 11 is 0. The SMILES string of the molecule is CCOC(=O)CNc1ccnc(C)c1[N+](=O)[O-]. The van der Waals surface area contributed by atoms with Crippen LogP contribution >= 0.6 is 0 Å². The van der Waals surface area contributed by atoms with Crippen molar-refractivity contribution in [3.8, 4) is 0 Å². The van der Waals surface area contributed by atoms with Crippen LogP contribution in [0, 0.1) is 17.0 Å². The number of ether oxygens (including phenoxy) is 1. The fourth-order valence-electron chi connectivity index (χ4n) is 1.31. The van der Waals surface area contributed by atoms with Gasteiger partial charge >= 0.3 is 11.7 Å². The molecule has 0 amide bonds. The number of carbonyl (C=O) groups is 1. The smallest absolute Gasteiger partial charge is 0.325 e. The number of nitrogens with zero attached hydrogens (tertiary/aromatic N) is 2.